The number of hydrogen-bond acceptors (Lipinski definition) is 3. The van der Waals surface area contributed by atoms with Gasteiger partial charge in [0.15, 0.2) is 0 Å². The molecule has 1 aliphatic rings. The summed E-state index contributed by atoms with van der Waals surface area (Å²) in [5.41, 5.74) is 0.941. The van der Waals surface area contributed by atoms with Crippen molar-refractivity contribution in [3.05, 3.63) is 24.0 Å². The van der Waals surface area contributed by atoms with Crippen molar-refractivity contribution < 1.29 is 9.90 Å². The number of carboxylic acids is 1. The van der Waals surface area contributed by atoms with E-state index in [2.05, 4.69) is 17.2 Å². The van der Waals surface area contributed by atoms with E-state index in [0.717, 1.165) is 6.42 Å². The fourth-order valence-corrected chi connectivity index (χ4v) is 2.42. The molecule has 17 heavy (non-hydrogen) atoms. The van der Waals surface area contributed by atoms with Gasteiger partial charge >= 0.3 is 5.97 Å². The van der Waals surface area contributed by atoms with E-state index < -0.39 is 5.97 Å². The van der Waals surface area contributed by atoms with Gasteiger partial charge in [-0.15, -0.1) is 0 Å². The molecule has 4 heteroatoms. The average Bonchev–Trinajstić information content (AvgIpc) is 2.32. The van der Waals surface area contributed by atoms with Gasteiger partial charge in [-0.2, -0.15) is 0 Å². The van der Waals surface area contributed by atoms with Crippen LogP contribution in [0.3, 0.4) is 0 Å². The first-order chi connectivity index (χ1) is 8.18. The number of nitrogens with zero attached hydrogens (tertiary/aromatic N) is 1. The van der Waals surface area contributed by atoms with Crippen LogP contribution in [0.25, 0.3) is 0 Å². The Balaban J connectivity index is 2.14. The molecule has 0 spiro atoms. The van der Waals surface area contributed by atoms with Crippen molar-refractivity contribution in [2.24, 2.45) is 5.92 Å². The second kappa shape index (κ2) is 5.17. The molecular formula is C13H18N2O2. The normalized spacial score (nSPS) is 24.3. The van der Waals surface area contributed by atoms with Crippen LogP contribution in [0.4, 0.5) is 5.69 Å². The minimum absolute atomic E-state index is 0.255. The number of carbonyl (C=O) groups is 1. The van der Waals surface area contributed by atoms with Crippen LogP contribution in [0.15, 0.2) is 18.5 Å². The summed E-state index contributed by atoms with van der Waals surface area (Å²) < 4.78 is 0. The molecule has 0 aromatic carbocycles. The van der Waals surface area contributed by atoms with E-state index in [9.17, 15) is 4.79 Å². The van der Waals surface area contributed by atoms with E-state index in [4.69, 9.17) is 5.11 Å². The number of anilines is 1. The van der Waals surface area contributed by atoms with Crippen molar-refractivity contribution in [3.63, 3.8) is 0 Å². The smallest absolute Gasteiger partial charge is 0.339 e. The molecule has 4 nitrogen and oxygen atoms in total. The van der Waals surface area contributed by atoms with Crippen LogP contribution in [0, 0.1) is 5.92 Å². The Kier molecular flexibility index (Phi) is 3.61. The monoisotopic (exact) mass is 234 g/mol. The van der Waals surface area contributed by atoms with Crippen LogP contribution < -0.4 is 5.32 Å². The molecule has 1 heterocycles. The quantitative estimate of drug-likeness (QED) is 0.844. The first-order valence-corrected chi connectivity index (χ1v) is 6.12. The molecular weight excluding hydrogens is 216 g/mol. The van der Waals surface area contributed by atoms with Gasteiger partial charge in [-0.25, -0.2) is 4.79 Å². The van der Waals surface area contributed by atoms with Crippen molar-refractivity contribution in [3.8, 4) is 0 Å². The topological polar surface area (TPSA) is 62.2 Å². The third-order valence-electron chi connectivity index (χ3n) is 3.50. The van der Waals surface area contributed by atoms with Gasteiger partial charge in [0, 0.05) is 18.4 Å². The van der Waals surface area contributed by atoms with Crippen LogP contribution in [0.2, 0.25) is 0 Å². The van der Waals surface area contributed by atoms with E-state index in [1.54, 1.807) is 12.3 Å². The van der Waals surface area contributed by atoms with Crippen molar-refractivity contribution in [2.45, 2.75) is 38.6 Å². The molecule has 2 rings (SSSR count). The summed E-state index contributed by atoms with van der Waals surface area (Å²) in [5, 5.41) is 12.4. The molecule has 0 radical (unpaired) electrons. The first-order valence-electron chi connectivity index (χ1n) is 6.12. The van der Waals surface area contributed by atoms with Crippen LogP contribution in [0.1, 0.15) is 43.0 Å². The molecule has 2 unspecified atom stereocenters. The van der Waals surface area contributed by atoms with Gasteiger partial charge in [0.2, 0.25) is 0 Å². The Morgan fingerprint density at radius 1 is 1.47 bits per heavy atom. The minimum atomic E-state index is -0.927. The van der Waals surface area contributed by atoms with E-state index in [-0.39, 0.29) is 5.56 Å². The Morgan fingerprint density at radius 2 is 2.24 bits per heavy atom. The van der Waals surface area contributed by atoms with Gasteiger partial charge in [-0.05, 0) is 24.8 Å². The molecule has 1 aromatic rings. The maximum absolute atomic E-state index is 11.1. The highest BCUT2D eigenvalue weighted by Crippen LogP contribution is 2.27. The summed E-state index contributed by atoms with van der Waals surface area (Å²) in [7, 11) is 0. The van der Waals surface area contributed by atoms with Gasteiger partial charge in [0.25, 0.3) is 0 Å². The van der Waals surface area contributed by atoms with Crippen molar-refractivity contribution in [1.29, 1.82) is 0 Å². The van der Waals surface area contributed by atoms with E-state index in [1.807, 2.05) is 0 Å². The maximum atomic E-state index is 11.1. The van der Waals surface area contributed by atoms with Crippen LogP contribution in [-0.2, 0) is 0 Å². The summed E-state index contributed by atoms with van der Waals surface area (Å²) in [5.74, 6) is -0.331. The Labute approximate surface area is 101 Å². The number of aromatic carboxylic acids is 1. The lowest BCUT2D eigenvalue weighted by atomic mass is 9.86. The number of aromatic nitrogens is 1. The molecule has 1 saturated carbocycles. The molecule has 2 N–H and O–H groups in total. The molecule has 1 fully saturated rings. The number of rotatable bonds is 3. The predicted octanol–water partition coefficient (Wildman–Crippen LogP) is 2.77. The van der Waals surface area contributed by atoms with Crippen LogP contribution in [-0.4, -0.2) is 22.1 Å². The molecule has 0 bridgehead atoms. The molecule has 2 atom stereocenters. The van der Waals surface area contributed by atoms with Gasteiger partial charge in [0.05, 0.1) is 5.69 Å². The van der Waals surface area contributed by atoms with Crippen LogP contribution in [0.5, 0.6) is 0 Å². The van der Waals surface area contributed by atoms with Gasteiger partial charge in [0.1, 0.15) is 5.56 Å². The summed E-state index contributed by atoms with van der Waals surface area (Å²) in [6.07, 6.45) is 7.85. The average molecular weight is 234 g/mol. The van der Waals surface area contributed by atoms with Gasteiger partial charge in [-0.3, -0.25) is 4.98 Å². The number of pyridine rings is 1. The van der Waals surface area contributed by atoms with E-state index in [0.29, 0.717) is 17.6 Å². The fourth-order valence-electron chi connectivity index (χ4n) is 2.42. The molecule has 0 saturated heterocycles. The molecule has 0 amide bonds. The second-order valence-electron chi connectivity index (χ2n) is 4.74. The third kappa shape index (κ3) is 2.75. The molecule has 1 aliphatic carbocycles. The first kappa shape index (κ1) is 11.9. The fraction of sp³-hybridized carbons (Fsp3) is 0.538. The van der Waals surface area contributed by atoms with Crippen molar-refractivity contribution in [1.82, 2.24) is 4.98 Å². The summed E-state index contributed by atoms with van der Waals surface area (Å²) in [6.45, 7) is 2.22. The third-order valence-corrected chi connectivity index (χ3v) is 3.50. The van der Waals surface area contributed by atoms with E-state index in [1.165, 1.54) is 25.5 Å². The highest BCUT2D eigenvalue weighted by molar-refractivity contribution is 5.93. The summed E-state index contributed by atoms with van der Waals surface area (Å²) in [6, 6.07) is 2.12. The highest BCUT2D eigenvalue weighted by Gasteiger charge is 2.22. The SMILES string of the molecule is CC1CCCCC1Nc1ccncc1C(=O)O. The lowest BCUT2D eigenvalue weighted by Crippen LogP contribution is -2.31. The molecule has 1 aromatic heterocycles. The van der Waals surface area contributed by atoms with Gasteiger partial charge in [-0.1, -0.05) is 19.8 Å². The molecule has 0 aliphatic heterocycles. The Bertz CT molecular complexity index is 406. The summed E-state index contributed by atoms with van der Waals surface area (Å²) >= 11 is 0. The largest absolute Gasteiger partial charge is 0.478 e. The Hall–Kier alpha value is -1.58. The zero-order chi connectivity index (χ0) is 12.3. The Morgan fingerprint density at radius 3 is 2.94 bits per heavy atom. The second-order valence-corrected chi connectivity index (χ2v) is 4.74. The van der Waals surface area contributed by atoms with E-state index >= 15 is 0 Å². The number of nitrogens with one attached hydrogen (secondary N) is 1. The van der Waals surface area contributed by atoms with Crippen molar-refractivity contribution >= 4 is 11.7 Å². The number of carboxylic acid groups (broad SMARTS) is 1. The van der Waals surface area contributed by atoms with Crippen LogP contribution >= 0.6 is 0 Å². The van der Waals surface area contributed by atoms with Gasteiger partial charge < -0.3 is 10.4 Å². The zero-order valence-electron chi connectivity index (χ0n) is 10.0. The standard InChI is InChI=1S/C13H18N2O2/c1-9-4-2-3-5-11(9)15-12-6-7-14-8-10(12)13(16)17/h6-9,11H,2-5H2,1H3,(H,14,15)(H,16,17). The summed E-state index contributed by atoms with van der Waals surface area (Å²) in [4.78, 5) is 14.9. The number of hydrogen-bond donors (Lipinski definition) is 2. The zero-order valence-corrected chi connectivity index (χ0v) is 10.0. The maximum Gasteiger partial charge on any atom is 0.339 e. The predicted molar refractivity (Wildman–Crippen MR) is 66.2 cm³/mol. The minimum Gasteiger partial charge on any atom is -0.478 e. The lowest BCUT2D eigenvalue weighted by molar-refractivity contribution is 0.0697. The highest BCUT2D eigenvalue weighted by atomic mass is 16.4. The van der Waals surface area contributed by atoms with Crippen molar-refractivity contribution in [2.75, 3.05) is 5.32 Å². The molecule has 92 valence electrons. The lowest BCUT2D eigenvalue weighted by Gasteiger charge is -2.30.